The van der Waals surface area contributed by atoms with E-state index in [1.54, 1.807) is 31.4 Å². The molecule has 1 aromatic heterocycles. The van der Waals surface area contributed by atoms with Crippen molar-refractivity contribution in [2.75, 3.05) is 7.11 Å². The summed E-state index contributed by atoms with van der Waals surface area (Å²) in [5.74, 6) is -1.91. The first-order valence-corrected chi connectivity index (χ1v) is 7.32. The van der Waals surface area contributed by atoms with Gasteiger partial charge in [0, 0.05) is 6.54 Å². The third-order valence-electron chi connectivity index (χ3n) is 3.60. The second-order valence-corrected chi connectivity index (χ2v) is 5.24. The van der Waals surface area contributed by atoms with Gasteiger partial charge < -0.3 is 20.1 Å². The Labute approximate surface area is 141 Å². The molecule has 0 aliphatic rings. The van der Waals surface area contributed by atoms with Gasteiger partial charge in [0.05, 0.1) is 12.6 Å². The average molecular weight is 343 g/mol. The Hall–Kier alpha value is -3.42. The molecule has 0 unspecified atom stereocenters. The minimum atomic E-state index is -0.935. The Bertz CT molecular complexity index is 1020. The lowest BCUT2D eigenvalue weighted by Crippen LogP contribution is -2.27. The molecule has 0 fully saturated rings. The van der Waals surface area contributed by atoms with Gasteiger partial charge in [-0.2, -0.15) is 0 Å². The summed E-state index contributed by atoms with van der Waals surface area (Å²) in [5, 5.41) is 11.9. The summed E-state index contributed by atoms with van der Waals surface area (Å²) in [7, 11) is 1.54. The van der Waals surface area contributed by atoms with E-state index in [0.29, 0.717) is 5.75 Å². The minimum absolute atomic E-state index is 0.0224. The summed E-state index contributed by atoms with van der Waals surface area (Å²) in [6, 6.07) is 9.32. The fourth-order valence-corrected chi connectivity index (χ4v) is 2.35. The van der Waals surface area contributed by atoms with Gasteiger partial charge >= 0.3 is 0 Å². The molecule has 0 saturated carbocycles. The van der Waals surface area contributed by atoms with Gasteiger partial charge in [-0.3, -0.25) is 9.59 Å². The van der Waals surface area contributed by atoms with Crippen LogP contribution in [0.15, 0.2) is 41.2 Å². The zero-order valence-corrected chi connectivity index (χ0v) is 13.2. The Morgan fingerprint density at radius 3 is 2.92 bits per heavy atom. The van der Waals surface area contributed by atoms with Gasteiger partial charge in [0.1, 0.15) is 11.1 Å². The Balaban J connectivity index is 1.85. The normalized spacial score (nSPS) is 10.6. The second kappa shape index (κ2) is 6.60. The molecule has 25 heavy (non-hydrogen) atoms. The highest BCUT2D eigenvalue weighted by molar-refractivity contribution is 5.93. The number of amides is 1. The summed E-state index contributed by atoms with van der Waals surface area (Å²) in [6.07, 6.45) is 0. The van der Waals surface area contributed by atoms with Crippen molar-refractivity contribution in [1.29, 1.82) is 0 Å². The van der Waals surface area contributed by atoms with Crippen molar-refractivity contribution in [3.63, 3.8) is 0 Å². The number of aromatic amines is 1. The van der Waals surface area contributed by atoms with Crippen LogP contribution >= 0.6 is 0 Å². The molecule has 0 saturated heterocycles. The van der Waals surface area contributed by atoms with Crippen LogP contribution in [-0.4, -0.2) is 28.1 Å². The maximum Gasteiger partial charge on any atom is 0.287 e. The molecule has 3 aromatic rings. The number of nitrogens with one attached hydrogen (secondary N) is 2. The Morgan fingerprint density at radius 2 is 2.16 bits per heavy atom. The van der Waals surface area contributed by atoms with E-state index in [4.69, 9.17) is 4.74 Å². The molecule has 128 valence electrons. The number of H-pyrrole nitrogens is 1. The van der Waals surface area contributed by atoms with Gasteiger partial charge in [-0.25, -0.2) is 9.37 Å². The molecule has 7 nitrogen and oxygen atoms in total. The number of rotatable bonds is 4. The van der Waals surface area contributed by atoms with Crippen LogP contribution in [0.2, 0.25) is 0 Å². The number of phenols is 1. The highest BCUT2D eigenvalue weighted by atomic mass is 19.1. The first kappa shape index (κ1) is 16.4. The van der Waals surface area contributed by atoms with E-state index < -0.39 is 23.0 Å². The molecule has 0 radical (unpaired) electrons. The molecular formula is C17H14FN3O4. The summed E-state index contributed by atoms with van der Waals surface area (Å²) in [5.41, 5.74) is 0.0262. The van der Waals surface area contributed by atoms with Crippen molar-refractivity contribution in [1.82, 2.24) is 15.3 Å². The molecule has 2 aromatic carbocycles. The number of hydrogen-bond acceptors (Lipinski definition) is 5. The molecule has 1 amide bonds. The molecule has 3 rings (SSSR count). The third-order valence-corrected chi connectivity index (χ3v) is 3.60. The number of aromatic nitrogens is 2. The third kappa shape index (κ3) is 3.27. The number of nitrogens with zero attached hydrogens (tertiary/aromatic N) is 1. The molecule has 0 atom stereocenters. The maximum atomic E-state index is 13.3. The number of halogens is 1. The number of aromatic hydroxyl groups is 1. The van der Waals surface area contributed by atoms with Crippen LogP contribution in [0.3, 0.4) is 0 Å². The van der Waals surface area contributed by atoms with Crippen molar-refractivity contribution in [3.05, 3.63) is 64.0 Å². The van der Waals surface area contributed by atoms with Crippen molar-refractivity contribution in [2.45, 2.75) is 6.54 Å². The maximum absolute atomic E-state index is 13.3. The van der Waals surface area contributed by atoms with Crippen LogP contribution in [0.25, 0.3) is 10.9 Å². The van der Waals surface area contributed by atoms with Gasteiger partial charge in [-0.05, 0) is 29.8 Å². The number of carbonyl (C=O) groups is 1. The van der Waals surface area contributed by atoms with Crippen molar-refractivity contribution < 1.29 is 19.0 Å². The SMILES string of the molecule is COc1cccc(CNC(=O)c2nc3ccc(F)c(O)c3c(=O)[nH]2)c1. The number of methoxy groups -OCH3 is 1. The molecule has 0 aliphatic heterocycles. The lowest BCUT2D eigenvalue weighted by molar-refractivity contribution is 0.0940. The zero-order valence-electron chi connectivity index (χ0n) is 13.2. The van der Waals surface area contributed by atoms with Gasteiger partial charge in [0.25, 0.3) is 11.5 Å². The van der Waals surface area contributed by atoms with Gasteiger partial charge in [-0.1, -0.05) is 12.1 Å². The topological polar surface area (TPSA) is 104 Å². The Morgan fingerprint density at radius 1 is 1.36 bits per heavy atom. The fourth-order valence-electron chi connectivity index (χ4n) is 2.35. The van der Waals surface area contributed by atoms with E-state index in [0.717, 1.165) is 11.6 Å². The number of benzene rings is 2. The summed E-state index contributed by atoms with van der Waals surface area (Å²) >= 11 is 0. The first-order valence-electron chi connectivity index (χ1n) is 7.32. The van der Waals surface area contributed by atoms with Crippen molar-refractivity contribution in [3.8, 4) is 11.5 Å². The summed E-state index contributed by atoms with van der Waals surface area (Å²) in [4.78, 5) is 30.4. The second-order valence-electron chi connectivity index (χ2n) is 5.24. The number of phenolic OH excluding ortho intramolecular Hbond substituents is 1. The van der Waals surface area contributed by atoms with Crippen molar-refractivity contribution in [2.24, 2.45) is 0 Å². The lowest BCUT2D eigenvalue weighted by Gasteiger charge is -2.07. The molecule has 3 N–H and O–H groups in total. The minimum Gasteiger partial charge on any atom is -0.504 e. The monoisotopic (exact) mass is 343 g/mol. The van der Waals surface area contributed by atoms with Gasteiger partial charge in [0.15, 0.2) is 17.4 Å². The first-order chi connectivity index (χ1) is 12.0. The van der Waals surface area contributed by atoms with Crippen LogP contribution in [0.5, 0.6) is 11.5 Å². The summed E-state index contributed by atoms with van der Waals surface area (Å²) < 4.78 is 18.4. The van der Waals surface area contributed by atoms with Gasteiger partial charge in [-0.15, -0.1) is 0 Å². The van der Waals surface area contributed by atoms with E-state index in [-0.39, 0.29) is 23.3 Å². The molecular weight excluding hydrogens is 329 g/mol. The fraction of sp³-hybridized carbons (Fsp3) is 0.118. The molecule has 0 bridgehead atoms. The van der Waals surface area contributed by atoms with E-state index in [2.05, 4.69) is 15.3 Å². The molecule has 0 spiro atoms. The van der Waals surface area contributed by atoms with Crippen LogP contribution in [-0.2, 0) is 6.54 Å². The standard InChI is InChI=1S/C17H14FN3O4/c1-25-10-4-2-3-9(7-10)8-19-17(24)15-20-12-6-5-11(18)14(22)13(12)16(23)21-15/h2-7,22H,8H2,1H3,(H,19,24)(H,20,21,23). The molecule has 8 heteroatoms. The number of fused-ring (bicyclic) bond motifs is 1. The zero-order chi connectivity index (χ0) is 18.0. The van der Waals surface area contributed by atoms with Crippen LogP contribution < -0.4 is 15.6 Å². The highest BCUT2D eigenvalue weighted by Crippen LogP contribution is 2.23. The highest BCUT2D eigenvalue weighted by Gasteiger charge is 2.15. The van der Waals surface area contributed by atoms with Gasteiger partial charge in [0.2, 0.25) is 0 Å². The number of ether oxygens (including phenoxy) is 1. The van der Waals surface area contributed by atoms with E-state index in [9.17, 15) is 19.1 Å². The average Bonchev–Trinajstić information content (AvgIpc) is 2.62. The van der Waals surface area contributed by atoms with Crippen molar-refractivity contribution >= 4 is 16.8 Å². The van der Waals surface area contributed by atoms with E-state index >= 15 is 0 Å². The molecule has 1 heterocycles. The smallest absolute Gasteiger partial charge is 0.287 e. The lowest BCUT2D eigenvalue weighted by atomic mass is 10.2. The predicted octanol–water partition coefficient (Wildman–Crippen LogP) is 1.71. The van der Waals surface area contributed by atoms with Crippen LogP contribution in [0.1, 0.15) is 16.2 Å². The molecule has 0 aliphatic carbocycles. The van der Waals surface area contributed by atoms with E-state index in [1.165, 1.54) is 6.07 Å². The number of hydrogen-bond donors (Lipinski definition) is 3. The summed E-state index contributed by atoms with van der Waals surface area (Å²) in [6.45, 7) is 0.201. The van der Waals surface area contributed by atoms with Crippen LogP contribution in [0.4, 0.5) is 4.39 Å². The largest absolute Gasteiger partial charge is 0.504 e. The predicted molar refractivity (Wildman–Crippen MR) is 88.2 cm³/mol. The van der Waals surface area contributed by atoms with Crippen LogP contribution in [0, 0.1) is 5.82 Å². The Kier molecular flexibility index (Phi) is 4.34. The van der Waals surface area contributed by atoms with E-state index in [1.807, 2.05) is 0 Å². The number of carbonyl (C=O) groups excluding carboxylic acids is 1. The quantitative estimate of drug-likeness (QED) is 0.669.